The van der Waals surface area contributed by atoms with Crippen LogP contribution in [0.3, 0.4) is 0 Å². The van der Waals surface area contributed by atoms with Crippen molar-refractivity contribution in [1.29, 1.82) is 0 Å². The highest BCUT2D eigenvalue weighted by Gasteiger charge is 2.02. The first-order valence-electron chi connectivity index (χ1n) is 6.64. The van der Waals surface area contributed by atoms with Gasteiger partial charge in [-0.15, -0.1) is 13.2 Å². The zero-order chi connectivity index (χ0) is 13.7. The molecule has 0 radical (unpaired) electrons. The topological polar surface area (TPSA) is 0 Å². The predicted molar refractivity (Wildman–Crippen MR) is 84.4 cm³/mol. The maximum absolute atomic E-state index is 3.82. The standard InChI is InChI=1S/C19H20/c1-4-7-16-9-6-10-18(13-16)19-12-15(3)11-17(14-19)8-5-2/h4-6,9-14H,1-2,7-8H2,3H3. The molecule has 2 rings (SSSR count). The smallest absolute Gasteiger partial charge is 0.00998 e. The number of rotatable bonds is 5. The van der Waals surface area contributed by atoms with Gasteiger partial charge >= 0.3 is 0 Å². The average Bonchev–Trinajstić information content (AvgIpc) is 2.39. The molecule has 0 bridgehead atoms. The molecule has 0 fully saturated rings. The van der Waals surface area contributed by atoms with Crippen LogP contribution in [0, 0.1) is 6.92 Å². The first-order chi connectivity index (χ1) is 9.22. The molecular formula is C19H20. The maximum atomic E-state index is 3.82. The third-order valence-electron chi connectivity index (χ3n) is 3.16. The molecule has 0 aliphatic carbocycles. The lowest BCUT2D eigenvalue weighted by molar-refractivity contribution is 1.25. The summed E-state index contributed by atoms with van der Waals surface area (Å²) in [6.07, 6.45) is 5.73. The highest BCUT2D eigenvalue weighted by Crippen LogP contribution is 2.24. The molecule has 0 aliphatic heterocycles. The second-order valence-corrected chi connectivity index (χ2v) is 4.89. The zero-order valence-corrected chi connectivity index (χ0v) is 11.5. The van der Waals surface area contributed by atoms with Gasteiger partial charge in [-0.3, -0.25) is 0 Å². The number of aryl methyl sites for hydroxylation is 1. The van der Waals surface area contributed by atoms with Crippen LogP contribution in [0.1, 0.15) is 16.7 Å². The number of allylic oxidation sites excluding steroid dienone is 2. The predicted octanol–water partition coefficient (Wildman–Crippen LogP) is 5.12. The molecule has 0 unspecified atom stereocenters. The Morgan fingerprint density at radius 3 is 2.26 bits per heavy atom. The van der Waals surface area contributed by atoms with Crippen LogP contribution in [0.25, 0.3) is 11.1 Å². The van der Waals surface area contributed by atoms with E-state index in [1.807, 2.05) is 12.2 Å². The third-order valence-corrected chi connectivity index (χ3v) is 3.16. The Balaban J connectivity index is 2.42. The van der Waals surface area contributed by atoms with Gasteiger partial charge in [0.05, 0.1) is 0 Å². The van der Waals surface area contributed by atoms with Crippen molar-refractivity contribution in [2.75, 3.05) is 0 Å². The maximum Gasteiger partial charge on any atom is -0.00998 e. The Morgan fingerprint density at radius 1 is 0.842 bits per heavy atom. The Kier molecular flexibility index (Phi) is 4.35. The second-order valence-electron chi connectivity index (χ2n) is 4.89. The molecule has 0 aromatic heterocycles. The summed E-state index contributed by atoms with van der Waals surface area (Å²) in [5, 5.41) is 0. The van der Waals surface area contributed by atoms with E-state index in [2.05, 4.69) is 62.5 Å². The van der Waals surface area contributed by atoms with Crippen LogP contribution in [0.5, 0.6) is 0 Å². The quantitative estimate of drug-likeness (QED) is 0.644. The van der Waals surface area contributed by atoms with Crippen LogP contribution in [0.15, 0.2) is 67.8 Å². The van der Waals surface area contributed by atoms with Crippen molar-refractivity contribution in [1.82, 2.24) is 0 Å². The van der Waals surface area contributed by atoms with E-state index < -0.39 is 0 Å². The largest absolute Gasteiger partial charge is 0.103 e. The van der Waals surface area contributed by atoms with Crippen molar-refractivity contribution in [3.63, 3.8) is 0 Å². The van der Waals surface area contributed by atoms with Crippen LogP contribution >= 0.6 is 0 Å². The fraction of sp³-hybridized carbons (Fsp3) is 0.158. The normalized spacial score (nSPS) is 10.2. The third kappa shape index (κ3) is 3.45. The molecule has 19 heavy (non-hydrogen) atoms. The summed E-state index contributed by atoms with van der Waals surface area (Å²) < 4.78 is 0. The van der Waals surface area contributed by atoms with Crippen LogP contribution in [-0.2, 0) is 12.8 Å². The van der Waals surface area contributed by atoms with E-state index >= 15 is 0 Å². The molecule has 0 saturated heterocycles. The lowest BCUT2D eigenvalue weighted by Gasteiger charge is -2.08. The molecule has 0 saturated carbocycles. The van der Waals surface area contributed by atoms with Gasteiger partial charge in [0.25, 0.3) is 0 Å². The van der Waals surface area contributed by atoms with E-state index in [1.165, 1.54) is 27.8 Å². The van der Waals surface area contributed by atoms with Gasteiger partial charge in [0.2, 0.25) is 0 Å². The summed E-state index contributed by atoms with van der Waals surface area (Å²) in [5.41, 5.74) is 6.47. The molecule has 0 spiro atoms. The Hall–Kier alpha value is -2.08. The van der Waals surface area contributed by atoms with Gasteiger partial charge in [0.15, 0.2) is 0 Å². The van der Waals surface area contributed by atoms with E-state index in [0.717, 1.165) is 12.8 Å². The van der Waals surface area contributed by atoms with E-state index in [4.69, 9.17) is 0 Å². The first kappa shape index (κ1) is 13.4. The summed E-state index contributed by atoms with van der Waals surface area (Å²) in [5.74, 6) is 0. The van der Waals surface area contributed by atoms with Crippen molar-refractivity contribution >= 4 is 0 Å². The van der Waals surface area contributed by atoms with Crippen LogP contribution in [-0.4, -0.2) is 0 Å². The molecule has 0 nitrogen and oxygen atoms in total. The highest BCUT2D eigenvalue weighted by atomic mass is 14.1. The van der Waals surface area contributed by atoms with E-state index in [-0.39, 0.29) is 0 Å². The fourth-order valence-corrected chi connectivity index (χ4v) is 2.36. The van der Waals surface area contributed by atoms with E-state index in [9.17, 15) is 0 Å². The minimum absolute atomic E-state index is 0.916. The number of hydrogen-bond acceptors (Lipinski definition) is 0. The fourth-order valence-electron chi connectivity index (χ4n) is 2.36. The van der Waals surface area contributed by atoms with Crippen molar-refractivity contribution < 1.29 is 0 Å². The SMILES string of the molecule is C=CCc1cccc(-c2cc(C)cc(CC=C)c2)c1. The summed E-state index contributed by atoms with van der Waals surface area (Å²) in [7, 11) is 0. The van der Waals surface area contributed by atoms with Crippen LogP contribution in [0.4, 0.5) is 0 Å². The molecule has 96 valence electrons. The molecule has 0 atom stereocenters. The molecule has 0 heteroatoms. The summed E-state index contributed by atoms with van der Waals surface area (Å²) >= 11 is 0. The van der Waals surface area contributed by atoms with Gasteiger partial charge in [0.1, 0.15) is 0 Å². The van der Waals surface area contributed by atoms with Crippen molar-refractivity contribution in [2.45, 2.75) is 19.8 Å². The molecule has 0 heterocycles. The second kappa shape index (κ2) is 6.19. The minimum Gasteiger partial charge on any atom is -0.103 e. The van der Waals surface area contributed by atoms with Crippen molar-refractivity contribution in [2.24, 2.45) is 0 Å². The minimum atomic E-state index is 0.916. The van der Waals surface area contributed by atoms with Crippen LogP contribution in [0.2, 0.25) is 0 Å². The van der Waals surface area contributed by atoms with E-state index in [0.29, 0.717) is 0 Å². The molecule has 2 aromatic carbocycles. The summed E-state index contributed by atoms with van der Waals surface area (Å²) in [6, 6.07) is 15.4. The van der Waals surface area contributed by atoms with Crippen LogP contribution < -0.4 is 0 Å². The molecule has 0 aliphatic rings. The lowest BCUT2D eigenvalue weighted by atomic mass is 9.97. The molecule has 0 N–H and O–H groups in total. The highest BCUT2D eigenvalue weighted by molar-refractivity contribution is 5.66. The first-order valence-corrected chi connectivity index (χ1v) is 6.64. The molecule has 2 aromatic rings. The van der Waals surface area contributed by atoms with Gasteiger partial charge in [-0.1, -0.05) is 60.2 Å². The number of benzene rings is 2. The van der Waals surface area contributed by atoms with Crippen molar-refractivity contribution in [3.8, 4) is 11.1 Å². The van der Waals surface area contributed by atoms with Gasteiger partial charge in [-0.25, -0.2) is 0 Å². The Morgan fingerprint density at radius 2 is 1.53 bits per heavy atom. The Labute approximate surface area is 116 Å². The van der Waals surface area contributed by atoms with Gasteiger partial charge in [0, 0.05) is 0 Å². The average molecular weight is 248 g/mol. The zero-order valence-electron chi connectivity index (χ0n) is 11.5. The lowest BCUT2D eigenvalue weighted by Crippen LogP contribution is -1.88. The molecular weight excluding hydrogens is 228 g/mol. The summed E-state index contributed by atoms with van der Waals surface area (Å²) in [6.45, 7) is 9.76. The van der Waals surface area contributed by atoms with Gasteiger partial charge in [-0.05, 0) is 42.0 Å². The number of hydrogen-bond donors (Lipinski definition) is 0. The summed E-state index contributed by atoms with van der Waals surface area (Å²) in [4.78, 5) is 0. The van der Waals surface area contributed by atoms with Gasteiger partial charge < -0.3 is 0 Å². The van der Waals surface area contributed by atoms with Crippen molar-refractivity contribution in [3.05, 3.63) is 84.5 Å². The molecule has 0 amide bonds. The van der Waals surface area contributed by atoms with E-state index in [1.54, 1.807) is 0 Å². The Bertz CT molecular complexity index is 591. The monoisotopic (exact) mass is 248 g/mol. The van der Waals surface area contributed by atoms with Gasteiger partial charge in [-0.2, -0.15) is 0 Å².